The quantitative estimate of drug-likeness (QED) is 0.0448. The Balaban J connectivity index is 6.11. The second kappa shape index (κ2) is 12.5. The highest BCUT2D eigenvalue weighted by Crippen LogP contribution is 2.69. The third-order valence-electron chi connectivity index (χ3n) is 5.01. The first-order chi connectivity index (χ1) is 16.7. The zero-order valence-corrected chi connectivity index (χ0v) is 23.1. The maximum absolute atomic E-state index is 12.4. The average molecular weight is 654 g/mol. The molecule has 4 amide bonds. The van der Waals surface area contributed by atoms with Gasteiger partial charge < -0.3 is 61.0 Å². The lowest BCUT2D eigenvalue weighted by molar-refractivity contribution is -0.135. The van der Waals surface area contributed by atoms with Crippen LogP contribution in [0.5, 0.6) is 0 Å². The molecule has 0 aromatic carbocycles. The number of thiol groups is 1. The van der Waals surface area contributed by atoms with E-state index >= 15 is 0 Å². The van der Waals surface area contributed by atoms with Crippen LogP contribution in [0.25, 0.3) is 0 Å². The van der Waals surface area contributed by atoms with Gasteiger partial charge >= 0.3 is 30.5 Å². The predicted octanol–water partition coefficient (Wildman–Crippen LogP) is -4.71. The van der Waals surface area contributed by atoms with Crippen molar-refractivity contribution in [1.29, 1.82) is 0 Å². The van der Waals surface area contributed by atoms with Gasteiger partial charge in [0.25, 0.3) is 5.08 Å². The van der Waals surface area contributed by atoms with Crippen molar-refractivity contribution in [2.75, 3.05) is 6.54 Å². The van der Waals surface area contributed by atoms with Gasteiger partial charge in [-0.3, -0.25) is 38.0 Å². The molecule has 21 nitrogen and oxygen atoms in total. The summed E-state index contributed by atoms with van der Waals surface area (Å²) < 4.78 is 46.1. The molecule has 0 aliphatic heterocycles. The minimum Gasteiger partial charge on any atom is -0.369 e. The van der Waals surface area contributed by atoms with Gasteiger partial charge in [-0.2, -0.15) is 12.6 Å². The second-order valence-electron chi connectivity index (χ2n) is 7.63. The fourth-order valence-electron chi connectivity index (χ4n) is 3.15. The van der Waals surface area contributed by atoms with Crippen molar-refractivity contribution in [3.63, 3.8) is 0 Å². The molecule has 0 radical (unpaired) electrons. The van der Waals surface area contributed by atoms with E-state index in [1.54, 1.807) is 0 Å². The molecule has 0 spiro atoms. The monoisotopic (exact) mass is 654 g/mol. The SMILES string of the molecule is NC(=O)C(CC(=O)NCCCC(O)(P(=O)(O)O)P(=O)(O)O)C(C(N)=O)(C(S)C(=O)NP(=O)(O)O)P(=O)(O)O. The Kier molecular flexibility index (Phi) is 12.1. The molecular formula is C12H26N4O17P4S. The maximum Gasteiger partial charge on any atom is 0.429 e. The number of nitrogens with two attached hydrogens (primary N) is 2. The normalized spacial score (nSPS) is 16.6. The number of aliphatic hydroxyl groups is 1. The van der Waals surface area contributed by atoms with E-state index in [1.165, 1.54) is 0 Å². The van der Waals surface area contributed by atoms with Crippen LogP contribution in [0.4, 0.5) is 0 Å². The highest BCUT2D eigenvalue weighted by atomic mass is 32.1. The first-order valence-corrected chi connectivity index (χ1v) is 16.4. The molecule has 222 valence electrons. The van der Waals surface area contributed by atoms with Gasteiger partial charge in [0.05, 0.1) is 5.92 Å². The van der Waals surface area contributed by atoms with Gasteiger partial charge in [0.1, 0.15) is 5.25 Å². The Labute approximate surface area is 217 Å². The van der Waals surface area contributed by atoms with Gasteiger partial charge in [-0.1, -0.05) is 0 Å². The summed E-state index contributed by atoms with van der Waals surface area (Å²) in [6.07, 6.45) is -3.46. The molecule has 0 bridgehead atoms. The molecule has 0 aromatic heterocycles. The van der Waals surface area contributed by atoms with E-state index in [-0.39, 0.29) is 0 Å². The van der Waals surface area contributed by atoms with Crippen LogP contribution in [0.2, 0.25) is 0 Å². The summed E-state index contributed by atoms with van der Waals surface area (Å²) in [5.74, 6) is -10.0. The summed E-state index contributed by atoms with van der Waals surface area (Å²) in [4.78, 5) is 123. The highest BCUT2D eigenvalue weighted by Gasteiger charge is 2.66. The average Bonchev–Trinajstić information content (AvgIpc) is 2.66. The summed E-state index contributed by atoms with van der Waals surface area (Å²) in [5, 5.41) is 2.29. The van der Waals surface area contributed by atoms with E-state index in [1.807, 2.05) is 5.32 Å². The number of nitrogens with one attached hydrogen (secondary N) is 2. The number of hydrogen-bond donors (Lipinski definition) is 14. The number of primary amides is 2. The summed E-state index contributed by atoms with van der Waals surface area (Å²) in [6.45, 7) is -0.741. The molecule has 0 fully saturated rings. The van der Waals surface area contributed by atoms with Gasteiger partial charge in [0, 0.05) is 19.4 Å². The van der Waals surface area contributed by atoms with E-state index in [0.29, 0.717) is 0 Å². The molecule has 0 rings (SSSR count). The molecule has 0 aliphatic carbocycles. The maximum atomic E-state index is 12.4. The third-order valence-corrected chi connectivity index (χ3v) is 12.0. The van der Waals surface area contributed by atoms with Crippen LogP contribution in [-0.4, -0.2) is 89.9 Å². The zero-order valence-electron chi connectivity index (χ0n) is 18.7. The molecule has 0 aliphatic rings. The van der Waals surface area contributed by atoms with Crippen LogP contribution < -0.4 is 21.9 Å². The minimum absolute atomic E-state index is 0.737. The summed E-state index contributed by atoms with van der Waals surface area (Å²) in [7, 11) is -23.2. The number of carbonyl (C=O) groups is 4. The molecule has 38 heavy (non-hydrogen) atoms. The fourth-order valence-corrected chi connectivity index (χ4v) is 8.10. The predicted molar refractivity (Wildman–Crippen MR) is 126 cm³/mol. The number of rotatable bonds is 15. The summed E-state index contributed by atoms with van der Waals surface area (Å²) in [5.41, 5.74) is 10.1. The molecular weight excluding hydrogens is 628 g/mol. The van der Waals surface area contributed by atoms with E-state index < -0.39 is 101 Å². The highest BCUT2D eigenvalue weighted by molar-refractivity contribution is 7.82. The number of amides is 4. The largest absolute Gasteiger partial charge is 0.429 e. The van der Waals surface area contributed by atoms with Crippen molar-refractivity contribution in [1.82, 2.24) is 10.4 Å². The van der Waals surface area contributed by atoms with Crippen LogP contribution in [-0.2, 0) is 37.4 Å². The van der Waals surface area contributed by atoms with E-state index in [9.17, 15) is 52.3 Å². The Morgan fingerprint density at radius 3 is 1.61 bits per heavy atom. The van der Waals surface area contributed by atoms with Crippen LogP contribution in [0.3, 0.4) is 0 Å². The van der Waals surface area contributed by atoms with E-state index in [4.69, 9.17) is 40.8 Å². The van der Waals surface area contributed by atoms with Gasteiger partial charge in [0.15, 0.2) is 5.16 Å². The molecule has 3 unspecified atom stereocenters. The van der Waals surface area contributed by atoms with Crippen molar-refractivity contribution in [3.8, 4) is 0 Å². The Hall–Kier alpha value is -1.21. The third kappa shape index (κ3) is 8.39. The Morgan fingerprint density at radius 2 is 1.29 bits per heavy atom. The standard InChI is InChI=1S/C12H26N4O17P4S/c13-8(18)5(4-6(17)15-3-1-2-11(21,34(22,23)24)35(25,26)27)12(10(14)20,36(28,29)30)7(38)9(19)16-37(31,32)33/h5,7,21,38H,1-4H2,(H2,13,18)(H2,14,20)(H,15,17)(H2,22,23,24)(H2,25,26,27)(H2,28,29,30)(H3,16,19,31,32,33). The van der Waals surface area contributed by atoms with Crippen LogP contribution in [0.1, 0.15) is 19.3 Å². The zero-order chi connectivity index (χ0) is 30.7. The minimum atomic E-state index is -6.15. The molecule has 15 N–H and O–H groups in total. The number of hydrogen-bond acceptors (Lipinski definition) is 10. The van der Waals surface area contributed by atoms with Crippen molar-refractivity contribution in [2.24, 2.45) is 17.4 Å². The van der Waals surface area contributed by atoms with Gasteiger partial charge in [0.2, 0.25) is 23.6 Å². The lowest BCUT2D eigenvalue weighted by atomic mass is 9.83. The van der Waals surface area contributed by atoms with Gasteiger partial charge in [-0.05, 0) is 6.42 Å². The first kappa shape index (κ1) is 36.8. The van der Waals surface area contributed by atoms with Crippen molar-refractivity contribution in [3.05, 3.63) is 0 Å². The van der Waals surface area contributed by atoms with Crippen molar-refractivity contribution < 1.29 is 81.7 Å². The number of carbonyl (C=O) groups excluding carboxylic acids is 4. The summed E-state index contributed by atoms with van der Waals surface area (Å²) >= 11 is 3.51. The first-order valence-electron chi connectivity index (χ1n) is 9.47. The lowest BCUT2D eigenvalue weighted by Crippen LogP contribution is -2.63. The second-order valence-corrected chi connectivity index (χ2v) is 15.3. The molecule has 26 heteroatoms. The Bertz CT molecular complexity index is 1120. The Morgan fingerprint density at radius 1 is 0.842 bits per heavy atom. The van der Waals surface area contributed by atoms with Crippen molar-refractivity contribution >= 4 is 66.8 Å². The molecule has 0 heterocycles. The topological polar surface area (TPSA) is 395 Å². The summed E-state index contributed by atoms with van der Waals surface area (Å²) in [6, 6.07) is 0. The van der Waals surface area contributed by atoms with Crippen LogP contribution in [0, 0.1) is 5.92 Å². The van der Waals surface area contributed by atoms with Crippen molar-refractivity contribution in [2.45, 2.75) is 34.8 Å². The molecule has 3 atom stereocenters. The van der Waals surface area contributed by atoms with Crippen LogP contribution >= 0.6 is 43.2 Å². The lowest BCUT2D eigenvalue weighted by Gasteiger charge is -2.39. The van der Waals surface area contributed by atoms with E-state index in [0.717, 1.165) is 5.09 Å². The smallest absolute Gasteiger partial charge is 0.369 e. The fraction of sp³-hybridized carbons (Fsp3) is 0.667. The molecule has 0 aromatic rings. The van der Waals surface area contributed by atoms with Gasteiger partial charge in [-0.25, -0.2) is 4.57 Å². The van der Waals surface area contributed by atoms with E-state index in [2.05, 4.69) is 12.6 Å². The molecule has 0 saturated heterocycles. The van der Waals surface area contributed by atoms with Crippen LogP contribution in [0.15, 0.2) is 0 Å². The van der Waals surface area contributed by atoms with Gasteiger partial charge in [-0.15, -0.1) is 0 Å². The molecule has 0 saturated carbocycles.